The molecule has 1 unspecified atom stereocenters. The van der Waals surface area contributed by atoms with Gasteiger partial charge in [-0.1, -0.05) is 0 Å². The Labute approximate surface area is 96.5 Å². The van der Waals surface area contributed by atoms with Crippen molar-refractivity contribution in [3.05, 3.63) is 16.1 Å². The van der Waals surface area contributed by atoms with Crippen molar-refractivity contribution in [2.24, 2.45) is 0 Å². The Morgan fingerprint density at radius 1 is 1.53 bits per heavy atom. The Morgan fingerprint density at radius 3 is 2.80 bits per heavy atom. The fourth-order valence-corrected chi connectivity index (χ4v) is 2.04. The molecule has 0 radical (unpaired) electrons. The third-order valence-electron chi connectivity index (χ3n) is 2.47. The summed E-state index contributed by atoms with van der Waals surface area (Å²) >= 11 is 1.73. The summed E-state index contributed by atoms with van der Waals surface area (Å²) < 4.78 is 0. The van der Waals surface area contributed by atoms with Gasteiger partial charge in [-0.15, -0.1) is 11.3 Å². The van der Waals surface area contributed by atoms with Gasteiger partial charge in [0, 0.05) is 17.5 Å². The quantitative estimate of drug-likeness (QED) is 0.804. The molecular weight excluding hydrogens is 206 g/mol. The molecule has 0 aliphatic heterocycles. The van der Waals surface area contributed by atoms with Gasteiger partial charge in [-0.05, 0) is 40.9 Å². The minimum Gasteiger partial charge on any atom is -0.309 e. The highest BCUT2D eigenvalue weighted by molar-refractivity contribution is 7.09. The maximum Gasteiger partial charge on any atom is 0.0798 e. The van der Waals surface area contributed by atoms with E-state index in [2.05, 4.69) is 43.1 Å². The minimum atomic E-state index is 0.564. The molecule has 0 aliphatic carbocycles. The molecule has 1 aromatic heterocycles. The molecular formula is C11H21N3S. The molecule has 0 amide bonds. The molecule has 0 saturated carbocycles. The molecule has 0 aromatic carbocycles. The molecule has 1 heterocycles. The van der Waals surface area contributed by atoms with Gasteiger partial charge in [-0.3, -0.25) is 0 Å². The Hall–Kier alpha value is -0.450. The van der Waals surface area contributed by atoms with E-state index >= 15 is 0 Å². The van der Waals surface area contributed by atoms with E-state index in [1.165, 1.54) is 11.3 Å². The van der Waals surface area contributed by atoms with E-state index in [1.807, 2.05) is 5.51 Å². The first kappa shape index (κ1) is 12.6. The van der Waals surface area contributed by atoms with Gasteiger partial charge >= 0.3 is 0 Å². The first-order chi connectivity index (χ1) is 7.09. The smallest absolute Gasteiger partial charge is 0.0798 e. The van der Waals surface area contributed by atoms with Crippen molar-refractivity contribution >= 4 is 11.3 Å². The number of hydrogen-bond donors (Lipinski definition) is 1. The Morgan fingerprint density at radius 2 is 2.27 bits per heavy atom. The molecule has 0 saturated heterocycles. The summed E-state index contributed by atoms with van der Waals surface area (Å²) in [6.45, 7) is 6.39. The van der Waals surface area contributed by atoms with Crippen molar-refractivity contribution in [3.8, 4) is 0 Å². The molecule has 1 atom stereocenters. The van der Waals surface area contributed by atoms with Crippen molar-refractivity contribution < 1.29 is 0 Å². The van der Waals surface area contributed by atoms with E-state index in [0.717, 1.165) is 18.8 Å². The van der Waals surface area contributed by atoms with Crippen LogP contribution in [0, 0.1) is 6.92 Å². The zero-order valence-corrected chi connectivity index (χ0v) is 10.9. The molecule has 1 rings (SSSR count). The Balaban J connectivity index is 2.22. The van der Waals surface area contributed by atoms with Gasteiger partial charge in [0.1, 0.15) is 0 Å². The van der Waals surface area contributed by atoms with Crippen molar-refractivity contribution in [1.82, 2.24) is 15.2 Å². The molecule has 0 spiro atoms. The molecule has 0 fully saturated rings. The largest absolute Gasteiger partial charge is 0.309 e. The molecule has 0 bridgehead atoms. The van der Waals surface area contributed by atoms with E-state index in [1.54, 1.807) is 11.3 Å². The van der Waals surface area contributed by atoms with Crippen molar-refractivity contribution in [2.45, 2.75) is 32.9 Å². The van der Waals surface area contributed by atoms with Gasteiger partial charge < -0.3 is 10.2 Å². The number of aryl methyl sites for hydroxylation is 1. The predicted molar refractivity (Wildman–Crippen MR) is 66.3 cm³/mol. The highest BCUT2D eigenvalue weighted by Gasteiger charge is 2.05. The second-order valence-corrected chi connectivity index (χ2v) is 5.17. The molecule has 1 aromatic rings. The fourth-order valence-electron chi connectivity index (χ4n) is 1.32. The van der Waals surface area contributed by atoms with Crippen LogP contribution >= 0.6 is 11.3 Å². The predicted octanol–water partition coefficient (Wildman–Crippen LogP) is 1.88. The normalized spacial score (nSPS) is 13.4. The summed E-state index contributed by atoms with van der Waals surface area (Å²) in [6.07, 6.45) is 1.19. The van der Waals surface area contributed by atoms with Crippen molar-refractivity contribution in [2.75, 3.05) is 20.6 Å². The number of hydrogen-bond acceptors (Lipinski definition) is 4. The third-order valence-corrected chi connectivity index (χ3v) is 3.40. The van der Waals surface area contributed by atoms with Gasteiger partial charge in [0.2, 0.25) is 0 Å². The number of rotatable bonds is 6. The van der Waals surface area contributed by atoms with Gasteiger partial charge in [-0.25, -0.2) is 4.98 Å². The lowest BCUT2D eigenvalue weighted by Crippen LogP contribution is -2.29. The second kappa shape index (κ2) is 6.20. The van der Waals surface area contributed by atoms with E-state index < -0.39 is 0 Å². The molecule has 3 nitrogen and oxygen atoms in total. The summed E-state index contributed by atoms with van der Waals surface area (Å²) in [7, 11) is 4.22. The third kappa shape index (κ3) is 4.73. The van der Waals surface area contributed by atoms with E-state index in [0.29, 0.717) is 6.04 Å². The van der Waals surface area contributed by atoms with Crippen LogP contribution in [0.1, 0.15) is 23.9 Å². The van der Waals surface area contributed by atoms with E-state index in [4.69, 9.17) is 0 Å². The van der Waals surface area contributed by atoms with Gasteiger partial charge in [-0.2, -0.15) is 0 Å². The van der Waals surface area contributed by atoms with Crippen LogP contribution in [0.4, 0.5) is 0 Å². The lowest BCUT2D eigenvalue weighted by Gasteiger charge is -2.16. The summed E-state index contributed by atoms with van der Waals surface area (Å²) in [6, 6.07) is 0.564. The zero-order valence-electron chi connectivity index (χ0n) is 10.1. The van der Waals surface area contributed by atoms with Crippen LogP contribution in [-0.2, 0) is 6.54 Å². The van der Waals surface area contributed by atoms with Crippen LogP contribution in [0.25, 0.3) is 0 Å². The summed E-state index contributed by atoms with van der Waals surface area (Å²) in [5.41, 5.74) is 3.07. The van der Waals surface area contributed by atoms with Crippen LogP contribution in [0.3, 0.4) is 0 Å². The van der Waals surface area contributed by atoms with Gasteiger partial charge in [0.25, 0.3) is 0 Å². The van der Waals surface area contributed by atoms with Crippen LogP contribution in [0.2, 0.25) is 0 Å². The monoisotopic (exact) mass is 227 g/mol. The summed E-state index contributed by atoms with van der Waals surface area (Å²) in [5, 5.41) is 3.52. The highest BCUT2D eigenvalue weighted by atomic mass is 32.1. The molecule has 4 heteroatoms. The standard InChI is InChI=1S/C11H21N3S/c1-9(5-6-14(3)4)12-7-11-10(2)13-8-15-11/h8-9,12H,5-7H2,1-4H3. The molecule has 1 N–H and O–H groups in total. The highest BCUT2D eigenvalue weighted by Crippen LogP contribution is 2.11. The molecule has 0 aliphatic rings. The van der Waals surface area contributed by atoms with Crippen LogP contribution in [-0.4, -0.2) is 36.6 Å². The van der Waals surface area contributed by atoms with Gasteiger partial charge in [0.15, 0.2) is 0 Å². The van der Waals surface area contributed by atoms with Crippen molar-refractivity contribution in [3.63, 3.8) is 0 Å². The van der Waals surface area contributed by atoms with E-state index in [9.17, 15) is 0 Å². The SMILES string of the molecule is Cc1ncsc1CNC(C)CCN(C)C. The lowest BCUT2D eigenvalue weighted by atomic mass is 10.2. The number of nitrogens with zero attached hydrogens (tertiary/aromatic N) is 2. The number of nitrogens with one attached hydrogen (secondary N) is 1. The minimum absolute atomic E-state index is 0.564. The summed E-state index contributed by atoms with van der Waals surface area (Å²) in [4.78, 5) is 7.81. The topological polar surface area (TPSA) is 28.2 Å². The number of thiazole rings is 1. The Bertz CT molecular complexity index is 283. The summed E-state index contributed by atoms with van der Waals surface area (Å²) in [5.74, 6) is 0. The fraction of sp³-hybridized carbons (Fsp3) is 0.727. The molecule has 15 heavy (non-hydrogen) atoms. The Kier molecular flexibility index (Phi) is 5.22. The first-order valence-corrected chi connectivity index (χ1v) is 6.24. The second-order valence-electron chi connectivity index (χ2n) is 4.23. The average molecular weight is 227 g/mol. The molecule has 86 valence electrons. The van der Waals surface area contributed by atoms with Crippen molar-refractivity contribution in [1.29, 1.82) is 0 Å². The van der Waals surface area contributed by atoms with E-state index in [-0.39, 0.29) is 0 Å². The average Bonchev–Trinajstić information content (AvgIpc) is 2.58. The first-order valence-electron chi connectivity index (χ1n) is 5.36. The lowest BCUT2D eigenvalue weighted by molar-refractivity contribution is 0.366. The number of aromatic nitrogens is 1. The maximum absolute atomic E-state index is 4.24. The zero-order chi connectivity index (χ0) is 11.3. The van der Waals surface area contributed by atoms with Crippen LogP contribution < -0.4 is 5.32 Å². The maximum atomic E-state index is 4.24. The van der Waals surface area contributed by atoms with Crippen LogP contribution in [0.5, 0.6) is 0 Å². The van der Waals surface area contributed by atoms with Gasteiger partial charge in [0.05, 0.1) is 11.2 Å². The van der Waals surface area contributed by atoms with Crippen LogP contribution in [0.15, 0.2) is 5.51 Å².